The van der Waals surface area contributed by atoms with Gasteiger partial charge in [0, 0.05) is 35.8 Å². The van der Waals surface area contributed by atoms with Crippen LogP contribution in [0, 0.1) is 13.8 Å². The maximum absolute atomic E-state index is 12.6. The van der Waals surface area contributed by atoms with Gasteiger partial charge < -0.3 is 14.9 Å². The average molecular weight is 344 g/mol. The number of aromatic amines is 1. The number of rotatable bonds is 3. The normalized spacial score (nSPS) is 11.0. The van der Waals surface area contributed by atoms with E-state index in [9.17, 15) is 9.59 Å². The third-order valence-electron chi connectivity index (χ3n) is 4.18. The Morgan fingerprint density at radius 2 is 2.00 bits per heavy atom. The van der Waals surface area contributed by atoms with E-state index < -0.39 is 0 Å². The first-order valence-electron chi connectivity index (χ1n) is 7.60. The number of aromatic nitrogens is 2. The van der Waals surface area contributed by atoms with Crippen LogP contribution in [0.3, 0.4) is 0 Å². The number of carbonyl (C=O) groups is 1. The number of H-pyrrole nitrogens is 1. The number of nitrogens with zero attached hydrogens (tertiary/aromatic N) is 1. The van der Waals surface area contributed by atoms with Crippen molar-refractivity contribution in [2.45, 2.75) is 20.4 Å². The quantitative estimate of drug-likeness (QED) is 0.767. The summed E-state index contributed by atoms with van der Waals surface area (Å²) in [5.41, 5.74) is 3.28. The summed E-state index contributed by atoms with van der Waals surface area (Å²) in [7, 11) is 1.80. The molecule has 0 aliphatic carbocycles. The van der Waals surface area contributed by atoms with Crippen molar-refractivity contribution in [1.29, 1.82) is 0 Å². The van der Waals surface area contributed by atoms with E-state index in [0.29, 0.717) is 16.3 Å². The number of nitrogens with one attached hydrogen (secondary N) is 2. The number of carbonyl (C=O) groups excluding carboxylic acids is 1. The molecule has 2 aromatic heterocycles. The summed E-state index contributed by atoms with van der Waals surface area (Å²) in [5.74, 6) is -0.307. The Hall–Kier alpha value is -2.53. The molecule has 5 nitrogen and oxygen atoms in total. The van der Waals surface area contributed by atoms with Crippen LogP contribution >= 0.6 is 11.6 Å². The molecule has 0 bridgehead atoms. The number of hydrogen-bond acceptors (Lipinski definition) is 2. The number of fused-ring (bicyclic) bond motifs is 1. The predicted octanol–water partition coefficient (Wildman–Crippen LogP) is 3.07. The summed E-state index contributed by atoms with van der Waals surface area (Å²) >= 11 is 6.37. The number of halogens is 1. The summed E-state index contributed by atoms with van der Waals surface area (Å²) in [4.78, 5) is 27.4. The third kappa shape index (κ3) is 2.71. The molecule has 124 valence electrons. The standard InChI is InChI=1S/C18H18ClN3O2/c1-10-8-11(2)21-17(23)13(10)9-20-18(24)16-15(19)12-6-4-5-7-14(12)22(16)3/h4-8H,9H2,1-3H3,(H,20,24)(H,21,23). The predicted molar refractivity (Wildman–Crippen MR) is 95.6 cm³/mol. The van der Waals surface area contributed by atoms with Crippen molar-refractivity contribution in [2.75, 3.05) is 0 Å². The van der Waals surface area contributed by atoms with E-state index >= 15 is 0 Å². The topological polar surface area (TPSA) is 66.9 Å². The van der Waals surface area contributed by atoms with Crippen molar-refractivity contribution in [2.24, 2.45) is 7.05 Å². The second-order valence-corrected chi connectivity index (χ2v) is 6.24. The number of hydrogen-bond donors (Lipinski definition) is 2. The van der Waals surface area contributed by atoms with Gasteiger partial charge in [-0.2, -0.15) is 0 Å². The van der Waals surface area contributed by atoms with Gasteiger partial charge in [0.2, 0.25) is 0 Å². The molecule has 0 atom stereocenters. The molecule has 0 unspecified atom stereocenters. The molecular weight excluding hydrogens is 326 g/mol. The van der Waals surface area contributed by atoms with Crippen molar-refractivity contribution >= 4 is 28.4 Å². The highest BCUT2D eigenvalue weighted by Crippen LogP contribution is 2.29. The van der Waals surface area contributed by atoms with Gasteiger partial charge >= 0.3 is 0 Å². The number of amides is 1. The minimum atomic E-state index is -0.307. The third-order valence-corrected chi connectivity index (χ3v) is 4.56. The molecule has 24 heavy (non-hydrogen) atoms. The fourth-order valence-corrected chi connectivity index (χ4v) is 3.33. The van der Waals surface area contributed by atoms with E-state index in [1.807, 2.05) is 44.2 Å². The van der Waals surface area contributed by atoms with Gasteiger partial charge in [0.1, 0.15) is 5.69 Å². The van der Waals surface area contributed by atoms with Crippen molar-refractivity contribution in [3.05, 3.63) is 68.2 Å². The van der Waals surface area contributed by atoms with Crippen molar-refractivity contribution < 1.29 is 4.79 Å². The fraction of sp³-hybridized carbons (Fsp3) is 0.222. The zero-order chi connectivity index (χ0) is 17.4. The number of aryl methyl sites for hydroxylation is 3. The highest BCUT2D eigenvalue weighted by atomic mass is 35.5. The maximum atomic E-state index is 12.6. The first-order chi connectivity index (χ1) is 11.4. The van der Waals surface area contributed by atoms with Crippen LogP contribution in [0.15, 0.2) is 35.1 Å². The number of benzene rings is 1. The van der Waals surface area contributed by atoms with Crippen LogP contribution in [-0.2, 0) is 13.6 Å². The lowest BCUT2D eigenvalue weighted by Gasteiger charge is -2.09. The van der Waals surface area contributed by atoms with E-state index in [2.05, 4.69) is 10.3 Å². The second kappa shape index (κ2) is 6.17. The smallest absolute Gasteiger partial charge is 0.269 e. The van der Waals surface area contributed by atoms with Gasteiger partial charge in [-0.1, -0.05) is 29.8 Å². The summed E-state index contributed by atoms with van der Waals surface area (Å²) < 4.78 is 1.76. The summed E-state index contributed by atoms with van der Waals surface area (Å²) in [6, 6.07) is 9.45. The van der Waals surface area contributed by atoms with E-state index in [-0.39, 0.29) is 18.0 Å². The molecule has 0 radical (unpaired) electrons. The molecule has 1 amide bonds. The molecule has 0 aliphatic rings. The van der Waals surface area contributed by atoms with Crippen molar-refractivity contribution in [1.82, 2.24) is 14.9 Å². The minimum Gasteiger partial charge on any atom is -0.346 e. The van der Waals surface area contributed by atoms with Crippen LogP contribution in [0.5, 0.6) is 0 Å². The van der Waals surface area contributed by atoms with Crippen LogP contribution < -0.4 is 10.9 Å². The van der Waals surface area contributed by atoms with Gasteiger partial charge in [0.15, 0.2) is 0 Å². The summed E-state index contributed by atoms with van der Waals surface area (Å²) in [6.45, 7) is 3.83. The number of pyridine rings is 1. The molecule has 2 N–H and O–H groups in total. The lowest BCUT2D eigenvalue weighted by atomic mass is 10.1. The molecular formula is C18H18ClN3O2. The second-order valence-electron chi connectivity index (χ2n) is 5.86. The minimum absolute atomic E-state index is 0.151. The molecule has 0 aliphatic heterocycles. The van der Waals surface area contributed by atoms with Crippen LogP contribution in [0.4, 0.5) is 0 Å². The fourth-order valence-electron chi connectivity index (χ4n) is 2.95. The van der Waals surface area contributed by atoms with Gasteiger partial charge in [-0.05, 0) is 31.5 Å². The highest BCUT2D eigenvalue weighted by Gasteiger charge is 2.19. The lowest BCUT2D eigenvalue weighted by molar-refractivity contribution is 0.0943. The number of para-hydroxylation sites is 1. The Balaban J connectivity index is 1.91. The summed E-state index contributed by atoms with van der Waals surface area (Å²) in [6.07, 6.45) is 0. The molecule has 2 heterocycles. The van der Waals surface area contributed by atoms with Crippen LogP contribution in [0.2, 0.25) is 5.02 Å². The average Bonchev–Trinajstić information content (AvgIpc) is 2.78. The van der Waals surface area contributed by atoms with Crippen molar-refractivity contribution in [3.63, 3.8) is 0 Å². The van der Waals surface area contributed by atoms with Gasteiger partial charge in [-0.3, -0.25) is 9.59 Å². The Morgan fingerprint density at radius 1 is 1.29 bits per heavy atom. The molecule has 0 spiro atoms. The largest absolute Gasteiger partial charge is 0.346 e. The van der Waals surface area contributed by atoms with Gasteiger partial charge in [0.25, 0.3) is 11.5 Å². The molecule has 3 rings (SSSR count). The van der Waals surface area contributed by atoms with Crippen molar-refractivity contribution in [3.8, 4) is 0 Å². The molecule has 3 aromatic rings. The van der Waals surface area contributed by atoms with E-state index in [4.69, 9.17) is 11.6 Å². The Bertz CT molecular complexity index is 962. The molecule has 6 heteroatoms. The van der Waals surface area contributed by atoms with Gasteiger partial charge in [-0.15, -0.1) is 0 Å². The molecule has 1 aromatic carbocycles. The molecule has 0 saturated carbocycles. The van der Waals surface area contributed by atoms with Crippen LogP contribution in [-0.4, -0.2) is 15.5 Å². The van der Waals surface area contributed by atoms with E-state index in [1.54, 1.807) is 11.6 Å². The van der Waals surface area contributed by atoms with E-state index in [0.717, 1.165) is 22.2 Å². The monoisotopic (exact) mass is 343 g/mol. The summed E-state index contributed by atoms with van der Waals surface area (Å²) in [5, 5.41) is 4.04. The van der Waals surface area contributed by atoms with Crippen LogP contribution in [0.25, 0.3) is 10.9 Å². The Labute approximate surface area is 144 Å². The van der Waals surface area contributed by atoms with Crippen LogP contribution in [0.1, 0.15) is 27.3 Å². The highest BCUT2D eigenvalue weighted by molar-refractivity contribution is 6.38. The molecule has 0 fully saturated rings. The maximum Gasteiger partial charge on any atom is 0.269 e. The Kier molecular flexibility index (Phi) is 4.20. The van der Waals surface area contributed by atoms with Gasteiger partial charge in [-0.25, -0.2) is 0 Å². The zero-order valence-electron chi connectivity index (χ0n) is 13.7. The first-order valence-corrected chi connectivity index (χ1v) is 7.98. The first kappa shape index (κ1) is 16.3. The lowest BCUT2D eigenvalue weighted by Crippen LogP contribution is -2.29. The SMILES string of the molecule is Cc1cc(C)c(CNC(=O)c2c(Cl)c3ccccc3n2C)c(=O)[nH]1. The molecule has 0 saturated heterocycles. The zero-order valence-corrected chi connectivity index (χ0v) is 14.5. The van der Waals surface area contributed by atoms with Gasteiger partial charge in [0.05, 0.1) is 5.02 Å². The Morgan fingerprint density at radius 3 is 2.67 bits per heavy atom. The van der Waals surface area contributed by atoms with E-state index in [1.165, 1.54) is 0 Å².